The highest BCUT2D eigenvalue weighted by Gasteiger charge is 2.28. The maximum atomic E-state index is 12.6. The Morgan fingerprint density at radius 2 is 1.61 bits per heavy atom. The van der Waals surface area contributed by atoms with E-state index < -0.39 is 17.9 Å². The zero-order valence-electron chi connectivity index (χ0n) is 16.8. The number of nitrogens with one attached hydrogen (secondary N) is 3. The molecule has 1 unspecified atom stereocenters. The molecular formula is C24H21N3O4. The normalized spacial score (nSPS) is 14.2. The molecule has 0 spiro atoms. The fourth-order valence-corrected chi connectivity index (χ4v) is 3.37. The summed E-state index contributed by atoms with van der Waals surface area (Å²) in [6.45, 7) is 1.81. The minimum absolute atomic E-state index is 0.290. The molecule has 3 aromatic carbocycles. The number of anilines is 1. The Kier molecular flexibility index (Phi) is 5.66. The van der Waals surface area contributed by atoms with Gasteiger partial charge in [0.2, 0.25) is 0 Å². The molecule has 3 N–H and O–H groups in total. The third-order valence-corrected chi connectivity index (χ3v) is 5.01. The van der Waals surface area contributed by atoms with Crippen LogP contribution in [0.1, 0.15) is 31.8 Å². The van der Waals surface area contributed by atoms with E-state index >= 15 is 0 Å². The standard InChI is InChI=1S/C24H21N3O4/c1-15-7-2-4-11-19(15)23(29)27-26-22(28)17-9-6-10-18(13-17)25-24(30)21-14-16-8-3-5-12-20(16)31-21/h2-13,21H,14H2,1H3,(H,25,30)(H,26,28)(H,27,29). The van der Waals surface area contributed by atoms with Gasteiger partial charge in [-0.3, -0.25) is 25.2 Å². The van der Waals surface area contributed by atoms with Gasteiger partial charge in [0.25, 0.3) is 17.7 Å². The van der Waals surface area contributed by atoms with Gasteiger partial charge in [-0.2, -0.15) is 0 Å². The Morgan fingerprint density at radius 1 is 0.871 bits per heavy atom. The maximum absolute atomic E-state index is 12.6. The van der Waals surface area contributed by atoms with Crippen molar-refractivity contribution in [2.75, 3.05) is 5.32 Å². The number of ether oxygens (including phenoxy) is 1. The minimum Gasteiger partial charge on any atom is -0.480 e. The van der Waals surface area contributed by atoms with E-state index in [-0.39, 0.29) is 5.91 Å². The van der Waals surface area contributed by atoms with Gasteiger partial charge >= 0.3 is 0 Å². The number of benzene rings is 3. The number of carbonyl (C=O) groups excluding carboxylic acids is 3. The van der Waals surface area contributed by atoms with Gasteiger partial charge in [-0.05, 0) is 48.4 Å². The summed E-state index contributed by atoms with van der Waals surface area (Å²) in [5, 5.41) is 2.78. The van der Waals surface area contributed by atoms with Gasteiger partial charge in [-0.15, -0.1) is 0 Å². The van der Waals surface area contributed by atoms with Crippen molar-refractivity contribution in [1.82, 2.24) is 10.9 Å². The van der Waals surface area contributed by atoms with Gasteiger partial charge < -0.3 is 10.1 Å². The quantitative estimate of drug-likeness (QED) is 0.571. The first kappa shape index (κ1) is 20.2. The zero-order valence-corrected chi connectivity index (χ0v) is 16.8. The number of carbonyl (C=O) groups is 3. The van der Waals surface area contributed by atoms with Crippen molar-refractivity contribution in [1.29, 1.82) is 0 Å². The number of hydrazine groups is 1. The summed E-state index contributed by atoms with van der Waals surface area (Å²) in [4.78, 5) is 37.3. The third-order valence-electron chi connectivity index (χ3n) is 5.01. The van der Waals surface area contributed by atoms with Crippen LogP contribution in [-0.2, 0) is 11.2 Å². The number of amides is 3. The van der Waals surface area contributed by atoms with Crippen LogP contribution in [0, 0.1) is 6.92 Å². The minimum atomic E-state index is -0.622. The first-order valence-corrected chi connectivity index (χ1v) is 9.83. The average Bonchev–Trinajstić information content (AvgIpc) is 3.22. The summed E-state index contributed by atoms with van der Waals surface area (Å²) in [5.41, 5.74) is 7.82. The van der Waals surface area contributed by atoms with Gasteiger partial charge in [0.05, 0.1) is 0 Å². The van der Waals surface area contributed by atoms with Crippen LogP contribution in [0.4, 0.5) is 5.69 Å². The highest BCUT2D eigenvalue weighted by Crippen LogP contribution is 2.28. The molecule has 156 valence electrons. The van der Waals surface area contributed by atoms with Gasteiger partial charge in [0.15, 0.2) is 6.10 Å². The molecule has 0 fully saturated rings. The van der Waals surface area contributed by atoms with E-state index in [0.29, 0.717) is 29.0 Å². The second-order valence-electron chi connectivity index (χ2n) is 7.21. The van der Waals surface area contributed by atoms with Crippen LogP contribution >= 0.6 is 0 Å². The summed E-state index contributed by atoms with van der Waals surface area (Å²) in [6.07, 6.45) is -0.129. The van der Waals surface area contributed by atoms with Gasteiger partial charge in [0.1, 0.15) is 5.75 Å². The van der Waals surface area contributed by atoms with Crippen LogP contribution in [0.15, 0.2) is 72.8 Å². The Bertz CT molecular complexity index is 1130. The first-order chi connectivity index (χ1) is 15.0. The van der Waals surface area contributed by atoms with Crippen molar-refractivity contribution < 1.29 is 19.1 Å². The predicted octanol–water partition coefficient (Wildman–Crippen LogP) is 3.01. The van der Waals surface area contributed by atoms with E-state index in [0.717, 1.165) is 11.1 Å². The van der Waals surface area contributed by atoms with Gasteiger partial charge in [-0.1, -0.05) is 42.5 Å². The molecule has 1 aliphatic rings. The van der Waals surface area contributed by atoms with Crippen molar-refractivity contribution in [3.8, 4) is 5.75 Å². The van der Waals surface area contributed by atoms with E-state index in [2.05, 4.69) is 16.2 Å². The number of aryl methyl sites for hydroxylation is 1. The molecule has 1 aliphatic heterocycles. The number of hydrogen-bond acceptors (Lipinski definition) is 4. The van der Waals surface area contributed by atoms with E-state index in [4.69, 9.17) is 4.74 Å². The molecule has 3 aromatic rings. The molecule has 0 radical (unpaired) electrons. The zero-order chi connectivity index (χ0) is 21.8. The monoisotopic (exact) mass is 415 g/mol. The molecular weight excluding hydrogens is 394 g/mol. The molecule has 3 amide bonds. The fourth-order valence-electron chi connectivity index (χ4n) is 3.37. The molecule has 7 nitrogen and oxygen atoms in total. The van der Waals surface area contributed by atoms with Crippen molar-refractivity contribution >= 4 is 23.4 Å². The van der Waals surface area contributed by atoms with Crippen molar-refractivity contribution in [2.24, 2.45) is 0 Å². The largest absolute Gasteiger partial charge is 0.480 e. The molecule has 1 atom stereocenters. The SMILES string of the molecule is Cc1ccccc1C(=O)NNC(=O)c1cccc(NC(=O)C2Cc3ccccc3O2)c1. The Labute approximate surface area is 179 Å². The fraction of sp³-hybridized carbons (Fsp3) is 0.125. The molecule has 0 bridgehead atoms. The summed E-state index contributed by atoms with van der Waals surface area (Å²) in [5.74, 6) is -0.488. The van der Waals surface area contributed by atoms with Crippen LogP contribution in [-0.4, -0.2) is 23.8 Å². The van der Waals surface area contributed by atoms with E-state index in [9.17, 15) is 14.4 Å². The van der Waals surface area contributed by atoms with Crippen molar-refractivity contribution in [3.63, 3.8) is 0 Å². The van der Waals surface area contributed by atoms with Crippen molar-refractivity contribution in [2.45, 2.75) is 19.4 Å². The molecule has 0 aliphatic carbocycles. The Morgan fingerprint density at radius 3 is 2.42 bits per heavy atom. The van der Waals surface area contributed by atoms with Crippen LogP contribution in [0.5, 0.6) is 5.75 Å². The van der Waals surface area contributed by atoms with Crippen LogP contribution < -0.4 is 20.9 Å². The second-order valence-corrected chi connectivity index (χ2v) is 7.21. The predicted molar refractivity (Wildman–Crippen MR) is 116 cm³/mol. The topological polar surface area (TPSA) is 96.5 Å². The summed E-state index contributed by atoms with van der Waals surface area (Å²) >= 11 is 0. The molecule has 0 saturated heterocycles. The van der Waals surface area contributed by atoms with Gasteiger partial charge in [-0.25, -0.2) is 0 Å². The highest BCUT2D eigenvalue weighted by molar-refractivity contribution is 6.01. The summed E-state index contributed by atoms with van der Waals surface area (Å²) < 4.78 is 5.70. The molecule has 1 heterocycles. The second kappa shape index (κ2) is 8.71. The lowest BCUT2D eigenvalue weighted by atomic mass is 10.1. The third kappa shape index (κ3) is 4.56. The van der Waals surface area contributed by atoms with Crippen molar-refractivity contribution in [3.05, 3.63) is 95.1 Å². The molecule has 4 rings (SSSR count). The number of hydrogen-bond donors (Lipinski definition) is 3. The van der Waals surface area contributed by atoms with Crippen LogP contribution in [0.2, 0.25) is 0 Å². The lowest BCUT2D eigenvalue weighted by Gasteiger charge is -2.13. The van der Waals surface area contributed by atoms with E-state index in [1.54, 1.807) is 30.3 Å². The number of rotatable bonds is 4. The smallest absolute Gasteiger partial charge is 0.269 e. The number of fused-ring (bicyclic) bond motifs is 1. The lowest BCUT2D eigenvalue weighted by Crippen LogP contribution is -2.41. The van der Waals surface area contributed by atoms with Crippen LogP contribution in [0.3, 0.4) is 0 Å². The highest BCUT2D eigenvalue weighted by atomic mass is 16.5. The number of para-hydroxylation sites is 1. The molecule has 31 heavy (non-hydrogen) atoms. The summed E-state index contributed by atoms with van der Waals surface area (Å²) in [6, 6.07) is 21.1. The van der Waals surface area contributed by atoms with Gasteiger partial charge in [0, 0.05) is 23.2 Å². The summed E-state index contributed by atoms with van der Waals surface area (Å²) in [7, 11) is 0. The van der Waals surface area contributed by atoms with Crippen LogP contribution in [0.25, 0.3) is 0 Å². The Hall–Kier alpha value is -4.13. The molecule has 7 heteroatoms. The van der Waals surface area contributed by atoms with E-state index in [1.165, 1.54) is 6.07 Å². The first-order valence-electron chi connectivity index (χ1n) is 9.83. The Balaban J connectivity index is 1.36. The average molecular weight is 415 g/mol. The molecule has 0 aromatic heterocycles. The molecule has 0 saturated carbocycles. The lowest BCUT2D eigenvalue weighted by molar-refractivity contribution is -0.122. The maximum Gasteiger partial charge on any atom is 0.269 e. The van der Waals surface area contributed by atoms with E-state index in [1.807, 2.05) is 43.3 Å².